The number of rotatable bonds is 6. The second-order valence-electron chi connectivity index (χ2n) is 6.34. The molecule has 0 saturated heterocycles. The van der Waals surface area contributed by atoms with Crippen molar-refractivity contribution in [3.05, 3.63) is 69.6 Å². The summed E-state index contributed by atoms with van der Waals surface area (Å²) in [6.07, 6.45) is 0.402. The van der Waals surface area contributed by atoms with Gasteiger partial charge in [0, 0.05) is 22.3 Å². The molecular weight excluding hydrogens is 338 g/mol. The van der Waals surface area contributed by atoms with E-state index in [9.17, 15) is 5.11 Å². The monoisotopic (exact) mass is 359 g/mol. The second-order valence-corrected chi connectivity index (χ2v) is 7.69. The van der Waals surface area contributed by atoms with Gasteiger partial charge >= 0.3 is 0 Å². The Kier molecular flexibility index (Phi) is 5.57. The minimum Gasteiger partial charge on any atom is -0.387 e. The molecule has 0 aliphatic heterocycles. The van der Waals surface area contributed by atoms with Crippen LogP contribution < -0.4 is 5.32 Å². The van der Waals surface area contributed by atoms with Crippen molar-refractivity contribution in [1.29, 1.82) is 0 Å². The fraction of sp³-hybridized carbons (Fsp3) is 0.300. The molecule has 0 fully saturated rings. The zero-order valence-electron chi connectivity index (χ0n) is 13.9. The number of benzene rings is 2. The van der Waals surface area contributed by atoms with Crippen molar-refractivity contribution in [2.75, 3.05) is 6.54 Å². The number of aryl methyl sites for hydroxylation is 1. The second kappa shape index (κ2) is 7.66. The highest BCUT2D eigenvalue weighted by Gasteiger charge is 2.12. The minimum absolute atomic E-state index is 0.290. The first-order chi connectivity index (χ1) is 11.5. The van der Waals surface area contributed by atoms with Crippen LogP contribution in [0.5, 0.6) is 0 Å². The summed E-state index contributed by atoms with van der Waals surface area (Å²) in [4.78, 5) is 0. The van der Waals surface area contributed by atoms with Gasteiger partial charge in [-0.25, -0.2) is 0 Å². The first-order valence-corrected chi connectivity index (χ1v) is 9.42. The number of hydrogen-bond donors (Lipinski definition) is 2. The minimum atomic E-state index is -0.548. The molecule has 2 N–H and O–H groups in total. The molecule has 2 aromatic carbocycles. The number of aliphatic hydroxyl groups excluding tert-OH is 1. The van der Waals surface area contributed by atoms with Crippen LogP contribution in [0.2, 0.25) is 5.02 Å². The number of fused-ring (bicyclic) bond motifs is 1. The van der Waals surface area contributed by atoms with Crippen LogP contribution in [0.15, 0.2) is 47.8 Å². The van der Waals surface area contributed by atoms with E-state index < -0.39 is 6.10 Å². The van der Waals surface area contributed by atoms with Crippen LogP contribution in [0.4, 0.5) is 0 Å². The van der Waals surface area contributed by atoms with E-state index in [-0.39, 0.29) is 6.04 Å². The Morgan fingerprint density at radius 2 is 2.04 bits per heavy atom. The van der Waals surface area contributed by atoms with E-state index in [1.165, 1.54) is 21.2 Å². The average molecular weight is 360 g/mol. The summed E-state index contributed by atoms with van der Waals surface area (Å²) >= 11 is 7.78. The van der Waals surface area contributed by atoms with E-state index in [0.717, 1.165) is 12.0 Å². The SMILES string of the molecule is Cc1ccc2c(CC(C)NCC(O)c3cccc(Cl)c3)csc2c1. The molecule has 0 bridgehead atoms. The Hall–Kier alpha value is -1.39. The van der Waals surface area contributed by atoms with Crippen LogP contribution in [0.1, 0.15) is 29.7 Å². The normalized spacial score (nSPS) is 14.0. The fourth-order valence-electron chi connectivity index (χ4n) is 2.90. The van der Waals surface area contributed by atoms with E-state index in [2.05, 4.69) is 42.7 Å². The lowest BCUT2D eigenvalue weighted by Gasteiger charge is -2.17. The third kappa shape index (κ3) is 4.17. The molecular formula is C20H22ClNOS. The van der Waals surface area contributed by atoms with E-state index >= 15 is 0 Å². The van der Waals surface area contributed by atoms with Gasteiger partial charge in [-0.15, -0.1) is 11.3 Å². The third-order valence-electron chi connectivity index (χ3n) is 4.23. The van der Waals surface area contributed by atoms with Gasteiger partial charge in [0.2, 0.25) is 0 Å². The van der Waals surface area contributed by atoms with Crippen molar-refractivity contribution in [2.24, 2.45) is 0 Å². The fourth-order valence-corrected chi connectivity index (χ4v) is 4.17. The molecule has 0 saturated carbocycles. The van der Waals surface area contributed by atoms with Gasteiger partial charge in [0.25, 0.3) is 0 Å². The summed E-state index contributed by atoms with van der Waals surface area (Å²) in [7, 11) is 0. The zero-order valence-corrected chi connectivity index (χ0v) is 15.5. The molecule has 126 valence electrons. The van der Waals surface area contributed by atoms with Crippen molar-refractivity contribution in [3.8, 4) is 0 Å². The molecule has 4 heteroatoms. The molecule has 2 nitrogen and oxygen atoms in total. The van der Waals surface area contributed by atoms with Gasteiger partial charge in [-0.2, -0.15) is 0 Å². The van der Waals surface area contributed by atoms with Crippen molar-refractivity contribution < 1.29 is 5.11 Å². The molecule has 2 unspecified atom stereocenters. The van der Waals surface area contributed by atoms with Crippen LogP contribution >= 0.6 is 22.9 Å². The zero-order chi connectivity index (χ0) is 17.1. The number of aliphatic hydroxyl groups is 1. The molecule has 0 radical (unpaired) electrons. The highest BCUT2D eigenvalue weighted by atomic mass is 35.5. The van der Waals surface area contributed by atoms with Crippen LogP contribution in [0.3, 0.4) is 0 Å². The lowest BCUT2D eigenvalue weighted by Crippen LogP contribution is -2.32. The van der Waals surface area contributed by atoms with E-state index in [4.69, 9.17) is 11.6 Å². The molecule has 3 rings (SSSR count). The van der Waals surface area contributed by atoms with Gasteiger partial charge in [0.05, 0.1) is 6.10 Å². The molecule has 2 atom stereocenters. The topological polar surface area (TPSA) is 32.3 Å². The van der Waals surface area contributed by atoms with E-state index in [1.54, 1.807) is 11.3 Å². The predicted molar refractivity (Wildman–Crippen MR) is 104 cm³/mol. The van der Waals surface area contributed by atoms with Crippen molar-refractivity contribution in [2.45, 2.75) is 32.4 Å². The van der Waals surface area contributed by atoms with Crippen LogP contribution in [-0.4, -0.2) is 17.7 Å². The summed E-state index contributed by atoms with van der Waals surface area (Å²) in [5.74, 6) is 0. The van der Waals surface area contributed by atoms with E-state index in [0.29, 0.717) is 11.6 Å². The van der Waals surface area contributed by atoms with Gasteiger partial charge in [-0.3, -0.25) is 0 Å². The summed E-state index contributed by atoms with van der Waals surface area (Å²) in [5.41, 5.74) is 3.51. The number of thiophene rings is 1. The highest BCUT2D eigenvalue weighted by molar-refractivity contribution is 7.17. The summed E-state index contributed by atoms with van der Waals surface area (Å²) in [6.45, 7) is 4.80. The maximum atomic E-state index is 10.3. The van der Waals surface area contributed by atoms with Gasteiger partial charge in [0.15, 0.2) is 0 Å². The summed E-state index contributed by atoms with van der Waals surface area (Å²) in [6, 6.07) is 14.3. The molecule has 0 aliphatic carbocycles. The van der Waals surface area contributed by atoms with E-state index in [1.807, 2.05) is 24.3 Å². The van der Waals surface area contributed by atoms with Gasteiger partial charge in [-0.05, 0) is 65.9 Å². The smallest absolute Gasteiger partial charge is 0.0914 e. The highest BCUT2D eigenvalue weighted by Crippen LogP contribution is 2.28. The first-order valence-electron chi connectivity index (χ1n) is 8.16. The van der Waals surface area contributed by atoms with Crippen LogP contribution in [-0.2, 0) is 6.42 Å². The van der Waals surface area contributed by atoms with Crippen molar-refractivity contribution in [3.63, 3.8) is 0 Å². The molecule has 0 aliphatic rings. The van der Waals surface area contributed by atoms with Crippen LogP contribution in [0, 0.1) is 6.92 Å². The maximum absolute atomic E-state index is 10.3. The van der Waals surface area contributed by atoms with Gasteiger partial charge in [-0.1, -0.05) is 35.9 Å². The Bertz CT molecular complexity index is 829. The lowest BCUT2D eigenvalue weighted by atomic mass is 10.0. The Morgan fingerprint density at radius 3 is 2.83 bits per heavy atom. The Morgan fingerprint density at radius 1 is 1.21 bits per heavy atom. The average Bonchev–Trinajstić information content (AvgIpc) is 2.94. The van der Waals surface area contributed by atoms with Gasteiger partial charge < -0.3 is 10.4 Å². The number of nitrogens with one attached hydrogen (secondary N) is 1. The van der Waals surface area contributed by atoms with Gasteiger partial charge in [0.1, 0.15) is 0 Å². The van der Waals surface area contributed by atoms with Crippen molar-refractivity contribution in [1.82, 2.24) is 5.32 Å². The number of hydrogen-bond acceptors (Lipinski definition) is 3. The molecule has 1 aromatic heterocycles. The molecule has 1 heterocycles. The molecule has 24 heavy (non-hydrogen) atoms. The molecule has 3 aromatic rings. The Balaban J connectivity index is 1.60. The largest absolute Gasteiger partial charge is 0.387 e. The third-order valence-corrected chi connectivity index (χ3v) is 5.46. The standard InChI is InChI=1S/C20H22ClNOS/c1-13-6-7-18-16(12-24-20(18)8-13)9-14(2)22-11-19(23)15-4-3-5-17(21)10-15/h3-8,10,12,14,19,22-23H,9,11H2,1-2H3. The summed E-state index contributed by atoms with van der Waals surface area (Å²) in [5, 5.41) is 18.0. The summed E-state index contributed by atoms with van der Waals surface area (Å²) < 4.78 is 1.34. The van der Waals surface area contributed by atoms with Crippen molar-refractivity contribution >= 4 is 33.0 Å². The lowest BCUT2D eigenvalue weighted by molar-refractivity contribution is 0.170. The number of halogens is 1. The molecule has 0 spiro atoms. The quantitative estimate of drug-likeness (QED) is 0.640. The Labute approximate surface area is 152 Å². The predicted octanol–water partition coefficient (Wildman–Crippen LogP) is 5.12. The first kappa shape index (κ1) is 17.4. The van der Waals surface area contributed by atoms with Crippen LogP contribution in [0.25, 0.3) is 10.1 Å². The maximum Gasteiger partial charge on any atom is 0.0914 e. The molecule has 0 amide bonds.